The van der Waals surface area contributed by atoms with Crippen LogP contribution >= 0.6 is 15.9 Å². The molecule has 4 rings (SSSR count). The third kappa shape index (κ3) is 4.63. The molecular formula is C23H20BrN3O3. The second-order valence-corrected chi connectivity index (χ2v) is 7.59. The highest BCUT2D eigenvalue weighted by Gasteiger charge is 2.11. The lowest BCUT2D eigenvalue weighted by atomic mass is 10.2. The van der Waals surface area contributed by atoms with Crippen LogP contribution in [0.1, 0.15) is 27.3 Å². The number of hydrogen-bond donors (Lipinski definition) is 2. The maximum atomic E-state index is 12.4. The number of para-hydroxylation sites is 1. The Morgan fingerprint density at radius 2 is 1.73 bits per heavy atom. The van der Waals surface area contributed by atoms with E-state index >= 15 is 0 Å². The molecule has 0 fully saturated rings. The van der Waals surface area contributed by atoms with E-state index in [0.29, 0.717) is 22.5 Å². The van der Waals surface area contributed by atoms with Gasteiger partial charge in [-0.2, -0.15) is 0 Å². The van der Waals surface area contributed by atoms with Gasteiger partial charge in [0.05, 0.1) is 0 Å². The van der Waals surface area contributed by atoms with Gasteiger partial charge in [-0.25, -0.2) is 0 Å². The Morgan fingerprint density at radius 3 is 2.50 bits per heavy atom. The van der Waals surface area contributed by atoms with Crippen LogP contribution in [0.3, 0.4) is 0 Å². The van der Waals surface area contributed by atoms with Gasteiger partial charge in [0.15, 0.2) is 10.4 Å². The smallest absolute Gasteiger partial charge is 0.291 e. The molecule has 0 aliphatic carbocycles. The van der Waals surface area contributed by atoms with E-state index in [4.69, 9.17) is 4.42 Å². The Kier molecular flexibility index (Phi) is 5.99. The van der Waals surface area contributed by atoms with Crippen molar-refractivity contribution < 1.29 is 14.0 Å². The van der Waals surface area contributed by atoms with Crippen molar-refractivity contribution in [2.45, 2.75) is 13.0 Å². The molecular weight excluding hydrogens is 446 g/mol. The fourth-order valence-electron chi connectivity index (χ4n) is 3.22. The van der Waals surface area contributed by atoms with Crippen LogP contribution in [0.25, 0.3) is 10.9 Å². The number of aryl methyl sites for hydroxylation is 1. The molecule has 152 valence electrons. The molecule has 30 heavy (non-hydrogen) atoms. The number of fused-ring (bicyclic) bond motifs is 1. The van der Waals surface area contributed by atoms with E-state index in [-0.39, 0.29) is 17.6 Å². The van der Waals surface area contributed by atoms with Gasteiger partial charge in [-0.05, 0) is 76.3 Å². The minimum absolute atomic E-state index is 0.139. The number of nitrogens with one attached hydrogen (secondary N) is 2. The van der Waals surface area contributed by atoms with Crippen LogP contribution in [0.15, 0.2) is 82.0 Å². The minimum atomic E-state index is -0.351. The SMILES string of the molecule is O=C(NCCCn1ccc2ccccc21)c1ccc(NC(=O)c2ccc(Br)o2)cc1. The number of carbonyl (C=O) groups excluding carboxylic acids is 2. The molecule has 2 aromatic heterocycles. The van der Waals surface area contributed by atoms with Crippen molar-refractivity contribution in [1.82, 2.24) is 9.88 Å². The molecule has 0 saturated heterocycles. The predicted molar refractivity (Wildman–Crippen MR) is 120 cm³/mol. The number of aromatic nitrogens is 1. The molecule has 0 atom stereocenters. The zero-order valence-electron chi connectivity index (χ0n) is 16.1. The molecule has 0 aliphatic rings. The molecule has 0 spiro atoms. The summed E-state index contributed by atoms with van der Waals surface area (Å²) < 4.78 is 7.90. The number of hydrogen-bond acceptors (Lipinski definition) is 3. The second-order valence-electron chi connectivity index (χ2n) is 6.81. The van der Waals surface area contributed by atoms with E-state index < -0.39 is 0 Å². The van der Waals surface area contributed by atoms with Crippen LogP contribution in [-0.2, 0) is 6.54 Å². The summed E-state index contributed by atoms with van der Waals surface area (Å²) in [6, 6.07) is 20.3. The molecule has 0 saturated carbocycles. The van der Waals surface area contributed by atoms with Gasteiger partial charge in [0, 0.05) is 36.1 Å². The highest BCUT2D eigenvalue weighted by molar-refractivity contribution is 9.10. The van der Waals surface area contributed by atoms with Crippen molar-refractivity contribution >= 4 is 44.3 Å². The molecule has 6 nitrogen and oxygen atoms in total. The molecule has 0 radical (unpaired) electrons. The number of furan rings is 1. The first kappa shape index (κ1) is 20.0. The molecule has 0 bridgehead atoms. The molecule has 4 aromatic rings. The molecule has 7 heteroatoms. The fourth-order valence-corrected chi connectivity index (χ4v) is 3.53. The quantitative estimate of drug-likeness (QED) is 0.374. The van der Waals surface area contributed by atoms with Crippen LogP contribution in [-0.4, -0.2) is 22.9 Å². The topological polar surface area (TPSA) is 76.3 Å². The first-order valence-electron chi connectivity index (χ1n) is 9.59. The normalized spacial score (nSPS) is 10.8. The Bertz CT molecular complexity index is 1180. The number of nitrogens with zero attached hydrogens (tertiary/aromatic N) is 1. The van der Waals surface area contributed by atoms with E-state index in [1.165, 1.54) is 10.9 Å². The number of amides is 2. The maximum absolute atomic E-state index is 12.4. The Morgan fingerprint density at radius 1 is 0.933 bits per heavy atom. The van der Waals surface area contributed by atoms with Gasteiger partial charge in [0.1, 0.15) is 0 Å². The van der Waals surface area contributed by atoms with Gasteiger partial charge in [0.25, 0.3) is 11.8 Å². The molecule has 0 aliphatic heterocycles. The Balaban J connectivity index is 1.26. The average Bonchev–Trinajstić information content (AvgIpc) is 3.38. The van der Waals surface area contributed by atoms with Gasteiger partial charge in [-0.1, -0.05) is 18.2 Å². The number of anilines is 1. The fraction of sp³-hybridized carbons (Fsp3) is 0.130. The van der Waals surface area contributed by atoms with Crippen molar-refractivity contribution in [3.63, 3.8) is 0 Å². The average molecular weight is 466 g/mol. The second kappa shape index (κ2) is 9.00. The largest absolute Gasteiger partial charge is 0.444 e. The number of benzene rings is 2. The summed E-state index contributed by atoms with van der Waals surface area (Å²) in [6.45, 7) is 1.42. The number of carbonyl (C=O) groups is 2. The highest BCUT2D eigenvalue weighted by atomic mass is 79.9. The van der Waals surface area contributed by atoms with E-state index in [2.05, 4.69) is 55.5 Å². The first-order chi connectivity index (χ1) is 14.6. The zero-order valence-corrected chi connectivity index (χ0v) is 17.7. The summed E-state index contributed by atoms with van der Waals surface area (Å²) in [5.41, 5.74) is 2.33. The summed E-state index contributed by atoms with van der Waals surface area (Å²) in [4.78, 5) is 24.4. The number of halogens is 1. The third-order valence-corrected chi connectivity index (χ3v) is 5.17. The molecule has 2 amide bonds. The van der Waals surface area contributed by atoms with Crippen molar-refractivity contribution in [2.75, 3.05) is 11.9 Å². The molecule has 2 heterocycles. The lowest BCUT2D eigenvalue weighted by Gasteiger charge is -2.08. The molecule has 2 aromatic carbocycles. The van der Waals surface area contributed by atoms with E-state index in [1.54, 1.807) is 36.4 Å². The van der Waals surface area contributed by atoms with Gasteiger partial charge < -0.3 is 19.6 Å². The van der Waals surface area contributed by atoms with Crippen LogP contribution in [0, 0.1) is 0 Å². The lowest BCUT2D eigenvalue weighted by Crippen LogP contribution is -2.25. The summed E-state index contributed by atoms with van der Waals surface area (Å²) in [7, 11) is 0. The van der Waals surface area contributed by atoms with Gasteiger partial charge in [0.2, 0.25) is 0 Å². The summed E-state index contributed by atoms with van der Waals surface area (Å²) >= 11 is 3.17. The third-order valence-electron chi connectivity index (χ3n) is 4.74. The van der Waals surface area contributed by atoms with E-state index in [9.17, 15) is 9.59 Å². The van der Waals surface area contributed by atoms with Crippen LogP contribution in [0.5, 0.6) is 0 Å². The van der Waals surface area contributed by atoms with E-state index in [0.717, 1.165) is 13.0 Å². The summed E-state index contributed by atoms with van der Waals surface area (Å²) in [5, 5.41) is 6.89. The monoisotopic (exact) mass is 465 g/mol. The van der Waals surface area contributed by atoms with E-state index in [1.807, 2.05) is 12.1 Å². The summed E-state index contributed by atoms with van der Waals surface area (Å²) in [5.74, 6) is -0.283. The minimum Gasteiger partial charge on any atom is -0.444 e. The Hall–Kier alpha value is -3.32. The van der Waals surface area contributed by atoms with Crippen molar-refractivity contribution in [2.24, 2.45) is 0 Å². The lowest BCUT2D eigenvalue weighted by molar-refractivity contribution is 0.0952. The standard InChI is InChI=1S/C23H20BrN3O3/c24-21-11-10-20(30-21)23(29)26-18-8-6-17(7-9-18)22(28)25-13-3-14-27-15-12-16-4-1-2-5-19(16)27/h1-2,4-12,15H,3,13-14H2,(H,25,28)(H,26,29). The Labute approximate surface area is 182 Å². The highest BCUT2D eigenvalue weighted by Crippen LogP contribution is 2.17. The van der Waals surface area contributed by atoms with Crippen LogP contribution in [0.4, 0.5) is 5.69 Å². The van der Waals surface area contributed by atoms with Crippen LogP contribution < -0.4 is 10.6 Å². The van der Waals surface area contributed by atoms with Gasteiger partial charge in [-0.15, -0.1) is 0 Å². The summed E-state index contributed by atoms with van der Waals surface area (Å²) in [6.07, 6.45) is 2.90. The van der Waals surface area contributed by atoms with Gasteiger partial charge >= 0.3 is 0 Å². The predicted octanol–water partition coefficient (Wildman–Crippen LogP) is 5.07. The van der Waals surface area contributed by atoms with Crippen molar-refractivity contribution in [3.8, 4) is 0 Å². The maximum Gasteiger partial charge on any atom is 0.291 e. The van der Waals surface area contributed by atoms with Crippen LogP contribution in [0.2, 0.25) is 0 Å². The van der Waals surface area contributed by atoms with Crippen molar-refractivity contribution in [1.29, 1.82) is 0 Å². The molecule has 0 unspecified atom stereocenters. The van der Waals surface area contributed by atoms with Gasteiger partial charge in [-0.3, -0.25) is 9.59 Å². The van der Waals surface area contributed by atoms with Crippen molar-refractivity contribution in [3.05, 3.63) is 88.9 Å². The number of rotatable bonds is 7. The first-order valence-corrected chi connectivity index (χ1v) is 10.4. The molecule has 2 N–H and O–H groups in total. The zero-order chi connectivity index (χ0) is 20.9.